The molecule has 0 saturated carbocycles. The van der Waals surface area contributed by atoms with Gasteiger partial charge in [-0.25, -0.2) is 0 Å². The van der Waals surface area contributed by atoms with Gasteiger partial charge in [-0.15, -0.1) is 0 Å². The summed E-state index contributed by atoms with van der Waals surface area (Å²) in [5.41, 5.74) is 9.51. The van der Waals surface area contributed by atoms with Crippen molar-refractivity contribution >= 4 is 5.82 Å². The van der Waals surface area contributed by atoms with E-state index in [0.29, 0.717) is 11.7 Å². The van der Waals surface area contributed by atoms with Crippen LogP contribution in [0.25, 0.3) is 11.1 Å². The van der Waals surface area contributed by atoms with Crippen molar-refractivity contribution in [3.05, 3.63) is 36.0 Å². The first-order valence-corrected chi connectivity index (χ1v) is 7.17. The molecule has 0 amide bonds. The number of nitrogen functional groups attached to an aromatic ring is 1. The largest absolute Gasteiger partial charge is 0.382 e. The molecule has 2 rings (SSSR count). The molecular weight excluding hydrogens is 234 g/mol. The highest BCUT2D eigenvalue weighted by atomic mass is 15.2. The van der Waals surface area contributed by atoms with Crippen molar-refractivity contribution in [2.45, 2.75) is 45.4 Å². The number of nitrogens with zero attached hydrogens (tertiary/aromatic N) is 1. The molecular formula is C16H23N3. The smallest absolute Gasteiger partial charge is 0.153 e. The highest BCUT2D eigenvalue weighted by molar-refractivity contribution is 5.76. The topological polar surface area (TPSA) is 54.7 Å². The van der Waals surface area contributed by atoms with Crippen LogP contribution in [0.3, 0.4) is 0 Å². The van der Waals surface area contributed by atoms with Crippen LogP contribution in [0.2, 0.25) is 0 Å². The van der Waals surface area contributed by atoms with E-state index in [2.05, 4.69) is 36.2 Å². The number of anilines is 1. The maximum atomic E-state index is 6.06. The predicted octanol–water partition coefficient (Wildman–Crippen LogP) is 4.34. The van der Waals surface area contributed by atoms with Crippen LogP contribution in [0.5, 0.6) is 0 Å². The molecule has 2 aromatic rings. The second-order valence-electron chi connectivity index (χ2n) is 5.04. The molecule has 1 aromatic heterocycles. The average molecular weight is 257 g/mol. The summed E-state index contributed by atoms with van der Waals surface area (Å²) < 4.78 is 0. The van der Waals surface area contributed by atoms with Gasteiger partial charge >= 0.3 is 0 Å². The molecule has 0 aliphatic heterocycles. The second kappa shape index (κ2) is 6.41. The quantitative estimate of drug-likeness (QED) is 0.808. The standard InChI is InChI=1S/C16H23N3/c1-3-8-13(9-4-2)15-14(16(17)19-18-15)12-10-6-5-7-11-12/h5-7,10-11,13H,3-4,8-9H2,1-2H3,(H3,17,18,19). The van der Waals surface area contributed by atoms with E-state index in [-0.39, 0.29) is 0 Å². The lowest BCUT2D eigenvalue weighted by Gasteiger charge is -2.15. The molecule has 0 fully saturated rings. The molecule has 1 heterocycles. The molecule has 0 spiro atoms. The minimum Gasteiger partial charge on any atom is -0.382 e. The summed E-state index contributed by atoms with van der Waals surface area (Å²) in [6.07, 6.45) is 4.71. The van der Waals surface area contributed by atoms with E-state index in [9.17, 15) is 0 Å². The zero-order valence-corrected chi connectivity index (χ0v) is 11.8. The van der Waals surface area contributed by atoms with Crippen LogP contribution < -0.4 is 5.73 Å². The Labute approximate surface area is 115 Å². The van der Waals surface area contributed by atoms with Crippen molar-refractivity contribution in [1.82, 2.24) is 10.2 Å². The summed E-state index contributed by atoms with van der Waals surface area (Å²) >= 11 is 0. The molecule has 3 N–H and O–H groups in total. The number of benzene rings is 1. The number of hydrogen-bond acceptors (Lipinski definition) is 2. The Bertz CT molecular complexity index is 496. The van der Waals surface area contributed by atoms with Crippen LogP contribution in [-0.4, -0.2) is 10.2 Å². The lowest BCUT2D eigenvalue weighted by atomic mass is 9.90. The molecule has 1 aromatic carbocycles. The first-order chi connectivity index (χ1) is 9.27. The van der Waals surface area contributed by atoms with E-state index in [1.54, 1.807) is 0 Å². The molecule has 0 radical (unpaired) electrons. The zero-order valence-electron chi connectivity index (χ0n) is 11.8. The van der Waals surface area contributed by atoms with Crippen LogP contribution in [0.1, 0.15) is 51.1 Å². The fraction of sp³-hybridized carbons (Fsp3) is 0.438. The van der Waals surface area contributed by atoms with Gasteiger partial charge in [-0.1, -0.05) is 57.0 Å². The Morgan fingerprint density at radius 1 is 1.11 bits per heavy atom. The molecule has 102 valence electrons. The molecule has 0 atom stereocenters. The molecule has 0 bridgehead atoms. The maximum absolute atomic E-state index is 6.06. The number of aromatic nitrogens is 2. The number of nitrogens with two attached hydrogens (primary N) is 1. The van der Waals surface area contributed by atoms with Crippen molar-refractivity contribution in [3.63, 3.8) is 0 Å². The Hall–Kier alpha value is -1.77. The Morgan fingerprint density at radius 3 is 2.32 bits per heavy atom. The van der Waals surface area contributed by atoms with Gasteiger partial charge in [0.05, 0.1) is 0 Å². The fourth-order valence-corrected chi connectivity index (χ4v) is 2.70. The van der Waals surface area contributed by atoms with Crippen molar-refractivity contribution in [2.24, 2.45) is 0 Å². The Morgan fingerprint density at radius 2 is 1.74 bits per heavy atom. The van der Waals surface area contributed by atoms with Crippen molar-refractivity contribution in [2.75, 3.05) is 5.73 Å². The normalized spacial score (nSPS) is 11.1. The van der Waals surface area contributed by atoms with Crippen LogP contribution in [0.4, 0.5) is 5.82 Å². The van der Waals surface area contributed by atoms with Gasteiger partial charge in [-0.3, -0.25) is 5.10 Å². The number of H-pyrrole nitrogens is 1. The van der Waals surface area contributed by atoms with E-state index in [1.165, 1.54) is 31.4 Å². The van der Waals surface area contributed by atoms with E-state index in [1.807, 2.05) is 18.2 Å². The Balaban J connectivity index is 2.41. The summed E-state index contributed by atoms with van der Waals surface area (Å²) in [6, 6.07) is 10.3. The van der Waals surface area contributed by atoms with E-state index >= 15 is 0 Å². The van der Waals surface area contributed by atoms with E-state index < -0.39 is 0 Å². The van der Waals surface area contributed by atoms with Gasteiger partial charge in [0.25, 0.3) is 0 Å². The summed E-state index contributed by atoms with van der Waals surface area (Å²) in [6.45, 7) is 4.45. The second-order valence-corrected chi connectivity index (χ2v) is 5.04. The SMILES string of the molecule is CCCC(CCC)c1[nH]nc(N)c1-c1ccccc1. The number of rotatable bonds is 6. The van der Waals surface area contributed by atoms with Crippen LogP contribution in [-0.2, 0) is 0 Å². The van der Waals surface area contributed by atoms with Gasteiger partial charge in [-0.05, 0) is 18.4 Å². The zero-order chi connectivity index (χ0) is 13.7. The van der Waals surface area contributed by atoms with Crippen LogP contribution in [0, 0.1) is 0 Å². The summed E-state index contributed by atoms with van der Waals surface area (Å²) in [7, 11) is 0. The first-order valence-electron chi connectivity index (χ1n) is 7.17. The number of aromatic amines is 1. The molecule has 0 aliphatic rings. The Kier molecular flexibility index (Phi) is 4.61. The lowest BCUT2D eigenvalue weighted by molar-refractivity contribution is 0.548. The van der Waals surface area contributed by atoms with Gasteiger partial charge in [0.1, 0.15) is 0 Å². The maximum Gasteiger partial charge on any atom is 0.153 e. The molecule has 0 aliphatic carbocycles. The predicted molar refractivity (Wildman–Crippen MR) is 81.0 cm³/mol. The summed E-state index contributed by atoms with van der Waals surface area (Å²) in [5, 5.41) is 7.40. The van der Waals surface area contributed by atoms with Gasteiger partial charge < -0.3 is 5.73 Å². The van der Waals surface area contributed by atoms with Gasteiger partial charge in [0.2, 0.25) is 0 Å². The number of nitrogens with one attached hydrogen (secondary N) is 1. The number of hydrogen-bond donors (Lipinski definition) is 2. The van der Waals surface area contributed by atoms with Crippen LogP contribution in [0.15, 0.2) is 30.3 Å². The van der Waals surface area contributed by atoms with Crippen molar-refractivity contribution in [3.8, 4) is 11.1 Å². The average Bonchev–Trinajstić information content (AvgIpc) is 2.81. The summed E-state index contributed by atoms with van der Waals surface area (Å²) in [4.78, 5) is 0. The monoisotopic (exact) mass is 257 g/mol. The van der Waals surface area contributed by atoms with Crippen molar-refractivity contribution in [1.29, 1.82) is 0 Å². The minimum absolute atomic E-state index is 0.523. The third kappa shape index (κ3) is 2.98. The molecule has 0 saturated heterocycles. The van der Waals surface area contributed by atoms with Gasteiger partial charge in [0, 0.05) is 17.2 Å². The summed E-state index contributed by atoms with van der Waals surface area (Å²) in [5.74, 6) is 1.13. The van der Waals surface area contributed by atoms with E-state index in [0.717, 1.165) is 11.1 Å². The van der Waals surface area contributed by atoms with E-state index in [4.69, 9.17) is 5.73 Å². The van der Waals surface area contributed by atoms with Gasteiger partial charge in [-0.2, -0.15) is 5.10 Å². The minimum atomic E-state index is 0.523. The highest BCUT2D eigenvalue weighted by Gasteiger charge is 2.20. The first kappa shape index (κ1) is 13.7. The fourth-order valence-electron chi connectivity index (χ4n) is 2.70. The lowest BCUT2D eigenvalue weighted by Crippen LogP contribution is -2.01. The third-order valence-corrected chi connectivity index (χ3v) is 3.57. The third-order valence-electron chi connectivity index (χ3n) is 3.57. The molecule has 3 nitrogen and oxygen atoms in total. The molecule has 19 heavy (non-hydrogen) atoms. The molecule has 3 heteroatoms. The van der Waals surface area contributed by atoms with Crippen molar-refractivity contribution < 1.29 is 0 Å². The van der Waals surface area contributed by atoms with Crippen LogP contribution >= 0.6 is 0 Å². The molecule has 0 unspecified atom stereocenters. The highest BCUT2D eigenvalue weighted by Crippen LogP contribution is 2.36. The van der Waals surface area contributed by atoms with Gasteiger partial charge in [0.15, 0.2) is 5.82 Å².